The summed E-state index contributed by atoms with van der Waals surface area (Å²) >= 11 is 0. The summed E-state index contributed by atoms with van der Waals surface area (Å²) < 4.78 is 40.9. The Morgan fingerprint density at radius 2 is 3.00 bits per heavy atom. The lowest BCUT2D eigenvalue weighted by Gasteiger charge is -1.94. The van der Waals surface area contributed by atoms with Gasteiger partial charge in [0.05, 0.1) is 7.45 Å². The molecule has 1 atom stereocenters. The van der Waals surface area contributed by atoms with Crippen molar-refractivity contribution >= 4 is 0 Å². The topological polar surface area (TPSA) is 9.23 Å². The average Bonchev–Trinajstić information content (AvgIpc) is 1.93. The van der Waals surface area contributed by atoms with Crippen LogP contribution in [-0.2, 0) is 4.74 Å². The van der Waals surface area contributed by atoms with E-state index in [1.807, 2.05) is 0 Å². The van der Waals surface area contributed by atoms with Gasteiger partial charge in [0.2, 0.25) is 0 Å². The summed E-state index contributed by atoms with van der Waals surface area (Å²) in [5, 5.41) is 0. The Morgan fingerprint density at radius 3 is 3.17 bits per heavy atom. The molecule has 0 aliphatic carbocycles. The van der Waals surface area contributed by atoms with Gasteiger partial charge in [0.1, 0.15) is 0 Å². The Hall–Kier alpha value is -0.0400. The zero-order valence-corrected chi connectivity index (χ0v) is 3.62. The van der Waals surface area contributed by atoms with Gasteiger partial charge < -0.3 is 4.74 Å². The molecule has 1 rings (SSSR count). The summed E-state index contributed by atoms with van der Waals surface area (Å²) in [4.78, 5) is 0. The minimum atomic E-state index is -2.24. The van der Waals surface area contributed by atoms with E-state index in [4.69, 9.17) is 6.85 Å². The van der Waals surface area contributed by atoms with Gasteiger partial charge in [-0.05, 0) is 19.7 Å². The van der Waals surface area contributed by atoms with E-state index in [9.17, 15) is 0 Å². The third kappa shape index (κ3) is 0.716. The first-order chi connectivity index (χ1) is 4.71. The van der Waals surface area contributed by atoms with Gasteiger partial charge >= 0.3 is 0 Å². The van der Waals surface area contributed by atoms with E-state index in [0.717, 1.165) is 0 Å². The molecule has 0 bridgehead atoms. The highest BCUT2D eigenvalue weighted by Gasteiger charge is 2.07. The molecule has 0 spiro atoms. The molecule has 1 nitrogen and oxygen atoms in total. The SMILES string of the molecule is [2H]C1([2H])COC([2H])(C)C1([2H])[2H]. The van der Waals surface area contributed by atoms with Crippen molar-refractivity contribution in [3.8, 4) is 0 Å². The van der Waals surface area contributed by atoms with Crippen LogP contribution in [0.5, 0.6) is 0 Å². The van der Waals surface area contributed by atoms with Crippen LogP contribution in [-0.4, -0.2) is 12.7 Å². The minimum absolute atomic E-state index is 0.347. The smallest absolute Gasteiger partial charge is 0.0600 e. The summed E-state index contributed by atoms with van der Waals surface area (Å²) in [6, 6.07) is 0. The molecule has 1 saturated heterocycles. The Morgan fingerprint density at radius 1 is 2.17 bits per heavy atom. The van der Waals surface area contributed by atoms with Crippen LogP contribution in [0.15, 0.2) is 0 Å². The number of ether oxygens (including phenoxy) is 1. The normalized spacial score (nSPS) is 75.8. The number of hydrogen-bond donors (Lipinski definition) is 0. The molecular formula is C5H10O. The fourth-order valence-corrected chi connectivity index (χ4v) is 0.341. The molecular weight excluding hydrogens is 76.1 g/mol. The Labute approximate surface area is 45.3 Å². The molecule has 0 radical (unpaired) electrons. The highest BCUT2D eigenvalue weighted by Crippen LogP contribution is 2.09. The van der Waals surface area contributed by atoms with Crippen LogP contribution >= 0.6 is 0 Å². The molecule has 36 valence electrons. The lowest BCUT2D eigenvalue weighted by Crippen LogP contribution is -1.94. The third-order valence-electron chi connectivity index (χ3n) is 0.625. The second kappa shape index (κ2) is 1.61. The van der Waals surface area contributed by atoms with Crippen molar-refractivity contribution in [1.29, 1.82) is 0 Å². The molecule has 1 aliphatic rings. The predicted octanol–water partition coefficient (Wildman–Crippen LogP) is 1.19. The van der Waals surface area contributed by atoms with E-state index in [1.54, 1.807) is 0 Å². The van der Waals surface area contributed by atoms with E-state index in [-0.39, 0.29) is 6.61 Å². The second-order valence-electron chi connectivity index (χ2n) is 1.15. The van der Waals surface area contributed by atoms with Crippen molar-refractivity contribution in [3.63, 3.8) is 0 Å². The molecule has 1 heteroatoms. The zero-order valence-electron chi connectivity index (χ0n) is 8.62. The summed E-state index contributed by atoms with van der Waals surface area (Å²) in [6.07, 6.45) is -6.06. The molecule has 6 heavy (non-hydrogen) atoms. The zero-order chi connectivity index (χ0) is 8.91. The molecule has 0 amide bonds. The molecule has 1 unspecified atom stereocenters. The first kappa shape index (κ1) is 1.22. The van der Waals surface area contributed by atoms with Crippen molar-refractivity contribution in [2.45, 2.75) is 25.7 Å². The number of hydrogen-bond acceptors (Lipinski definition) is 1. The van der Waals surface area contributed by atoms with Crippen LogP contribution in [0.4, 0.5) is 0 Å². The highest BCUT2D eigenvalue weighted by molar-refractivity contribution is 4.56. The van der Waals surface area contributed by atoms with E-state index in [1.165, 1.54) is 6.92 Å². The second-order valence-corrected chi connectivity index (χ2v) is 1.15. The molecule has 0 N–H and O–H groups in total. The Kier molecular flexibility index (Phi) is 0.327. The molecule has 0 aromatic rings. The third-order valence-corrected chi connectivity index (χ3v) is 0.625. The summed E-state index contributed by atoms with van der Waals surface area (Å²) in [5.41, 5.74) is 0. The maximum Gasteiger partial charge on any atom is 0.0600 e. The molecule has 1 fully saturated rings. The largest absolute Gasteiger partial charge is 0.379 e. The van der Waals surface area contributed by atoms with Crippen molar-refractivity contribution in [2.75, 3.05) is 6.61 Å². The quantitative estimate of drug-likeness (QED) is 0.435. The maximum atomic E-state index is 7.31. The van der Waals surface area contributed by atoms with E-state index in [2.05, 4.69) is 4.74 Å². The van der Waals surface area contributed by atoms with Crippen LogP contribution < -0.4 is 0 Å². The molecule has 0 aromatic carbocycles. The van der Waals surface area contributed by atoms with Crippen molar-refractivity contribution in [1.82, 2.24) is 0 Å². The van der Waals surface area contributed by atoms with Gasteiger partial charge in [0.25, 0.3) is 0 Å². The molecule has 1 heterocycles. The van der Waals surface area contributed by atoms with Gasteiger partial charge in [-0.3, -0.25) is 0 Å². The monoisotopic (exact) mass is 91.1 g/mol. The summed E-state index contributed by atoms with van der Waals surface area (Å²) in [7, 11) is 0. The van der Waals surface area contributed by atoms with Crippen LogP contribution in [0.25, 0.3) is 0 Å². The molecule has 0 aromatic heterocycles. The molecule has 1 aliphatic heterocycles. The average molecular weight is 91.2 g/mol. The predicted molar refractivity (Wildman–Crippen MR) is 24.6 cm³/mol. The lowest BCUT2D eigenvalue weighted by molar-refractivity contribution is 0.125. The van der Waals surface area contributed by atoms with Gasteiger partial charge in [-0.1, -0.05) is 0 Å². The maximum absolute atomic E-state index is 7.31. The summed E-state index contributed by atoms with van der Waals surface area (Å²) in [6.45, 7) is 0.887. The Bertz CT molecular complexity index is 158. The van der Waals surface area contributed by atoms with Gasteiger partial charge in [-0.2, -0.15) is 0 Å². The van der Waals surface area contributed by atoms with Crippen LogP contribution in [0.3, 0.4) is 0 Å². The summed E-state index contributed by atoms with van der Waals surface area (Å²) in [5.74, 6) is 0. The van der Waals surface area contributed by atoms with Gasteiger partial charge in [-0.15, -0.1) is 0 Å². The van der Waals surface area contributed by atoms with Crippen molar-refractivity contribution < 1.29 is 11.6 Å². The fraction of sp³-hybridized carbons (Fsp3) is 1.00. The minimum Gasteiger partial charge on any atom is -0.379 e. The highest BCUT2D eigenvalue weighted by atomic mass is 16.5. The van der Waals surface area contributed by atoms with Crippen LogP contribution in [0, 0.1) is 0 Å². The fourth-order valence-electron chi connectivity index (χ4n) is 0.341. The van der Waals surface area contributed by atoms with Gasteiger partial charge in [-0.25, -0.2) is 0 Å². The van der Waals surface area contributed by atoms with E-state index >= 15 is 0 Å². The molecule has 0 saturated carbocycles. The van der Waals surface area contributed by atoms with Crippen LogP contribution in [0.2, 0.25) is 0 Å². The van der Waals surface area contributed by atoms with E-state index < -0.39 is 18.8 Å². The van der Waals surface area contributed by atoms with Gasteiger partial charge in [0, 0.05) is 12.1 Å². The van der Waals surface area contributed by atoms with Crippen molar-refractivity contribution in [2.24, 2.45) is 0 Å². The van der Waals surface area contributed by atoms with Gasteiger partial charge in [0.15, 0.2) is 0 Å². The Balaban J connectivity index is 3.00. The lowest BCUT2D eigenvalue weighted by atomic mass is 10.3. The standard InChI is InChI=1S/C5H10O/c1-5-3-2-4-6-5/h5H,2-4H2,1H3/i2D2,3D2,5D. The first-order valence-corrected chi connectivity index (χ1v) is 1.85. The van der Waals surface area contributed by atoms with Crippen LogP contribution in [0.1, 0.15) is 26.5 Å². The first-order valence-electron chi connectivity index (χ1n) is 4.35. The van der Waals surface area contributed by atoms with Crippen molar-refractivity contribution in [3.05, 3.63) is 0 Å². The van der Waals surface area contributed by atoms with E-state index in [0.29, 0.717) is 0 Å². The number of rotatable bonds is 0.